The van der Waals surface area contributed by atoms with Crippen LogP contribution in [0.25, 0.3) is 0 Å². The highest BCUT2D eigenvalue weighted by Crippen LogP contribution is 2.20. The zero-order valence-electron chi connectivity index (χ0n) is 15.7. The van der Waals surface area contributed by atoms with E-state index in [-0.39, 0.29) is 17.7 Å². The Balaban J connectivity index is 1.62. The molecular formula is C20H26N4O2. The van der Waals surface area contributed by atoms with Crippen LogP contribution in [0.3, 0.4) is 0 Å². The average Bonchev–Trinajstić information content (AvgIpc) is 3.03. The molecule has 1 unspecified atom stereocenters. The molecule has 6 heteroatoms. The van der Waals surface area contributed by atoms with Crippen LogP contribution in [0, 0.1) is 19.8 Å². The first-order valence-electron chi connectivity index (χ1n) is 9.04. The third kappa shape index (κ3) is 4.12. The molecular weight excluding hydrogens is 328 g/mol. The average molecular weight is 354 g/mol. The van der Waals surface area contributed by atoms with E-state index in [2.05, 4.69) is 16.4 Å². The van der Waals surface area contributed by atoms with Crippen molar-refractivity contribution in [2.45, 2.75) is 33.2 Å². The number of benzene rings is 1. The molecule has 2 aromatic rings. The van der Waals surface area contributed by atoms with Crippen LogP contribution in [0.2, 0.25) is 0 Å². The Morgan fingerprint density at radius 3 is 2.62 bits per heavy atom. The second-order valence-corrected chi connectivity index (χ2v) is 7.18. The second kappa shape index (κ2) is 7.72. The normalized spacial score (nSPS) is 17.2. The number of nitrogens with zero attached hydrogens (tertiary/aromatic N) is 3. The number of amides is 2. The van der Waals surface area contributed by atoms with Crippen LogP contribution in [-0.2, 0) is 18.4 Å². The third-order valence-electron chi connectivity index (χ3n) is 4.91. The van der Waals surface area contributed by atoms with Crippen molar-refractivity contribution in [1.82, 2.24) is 19.8 Å². The zero-order valence-corrected chi connectivity index (χ0v) is 15.7. The fourth-order valence-electron chi connectivity index (χ4n) is 3.53. The van der Waals surface area contributed by atoms with Gasteiger partial charge in [0.15, 0.2) is 0 Å². The van der Waals surface area contributed by atoms with Crippen molar-refractivity contribution in [2.24, 2.45) is 13.0 Å². The Morgan fingerprint density at radius 2 is 1.96 bits per heavy atom. The van der Waals surface area contributed by atoms with E-state index >= 15 is 0 Å². The van der Waals surface area contributed by atoms with Gasteiger partial charge in [-0.15, -0.1) is 0 Å². The third-order valence-corrected chi connectivity index (χ3v) is 4.91. The Bertz CT molecular complexity index is 792. The largest absolute Gasteiger partial charge is 0.350 e. The van der Waals surface area contributed by atoms with Crippen LogP contribution in [0.1, 0.15) is 40.0 Å². The number of aromatic nitrogens is 2. The summed E-state index contributed by atoms with van der Waals surface area (Å²) in [6.07, 6.45) is 5.12. The molecule has 2 heterocycles. The SMILES string of the molecule is Cc1cc(C)cc(C(=O)N2CCCC(C(=O)NCc3cncn3C)C2)c1. The summed E-state index contributed by atoms with van der Waals surface area (Å²) in [5.41, 5.74) is 3.82. The lowest BCUT2D eigenvalue weighted by Gasteiger charge is -2.32. The number of carbonyl (C=O) groups is 2. The number of hydrogen-bond acceptors (Lipinski definition) is 3. The molecule has 2 amide bonds. The highest BCUT2D eigenvalue weighted by atomic mass is 16.2. The molecule has 3 rings (SSSR count). The Labute approximate surface area is 154 Å². The number of imidazole rings is 1. The van der Waals surface area contributed by atoms with Gasteiger partial charge in [0.25, 0.3) is 5.91 Å². The monoisotopic (exact) mass is 354 g/mol. The van der Waals surface area contributed by atoms with Gasteiger partial charge in [0, 0.05) is 31.9 Å². The summed E-state index contributed by atoms with van der Waals surface area (Å²) in [6, 6.07) is 5.89. The van der Waals surface area contributed by atoms with E-state index in [1.54, 1.807) is 12.5 Å². The van der Waals surface area contributed by atoms with Gasteiger partial charge in [-0.1, -0.05) is 17.2 Å². The summed E-state index contributed by atoms with van der Waals surface area (Å²) in [5, 5.41) is 2.98. The maximum absolute atomic E-state index is 12.8. The predicted molar refractivity (Wildman–Crippen MR) is 99.6 cm³/mol. The van der Waals surface area contributed by atoms with Gasteiger partial charge in [-0.05, 0) is 38.8 Å². The molecule has 1 atom stereocenters. The number of aryl methyl sites for hydroxylation is 3. The quantitative estimate of drug-likeness (QED) is 0.915. The molecule has 1 fully saturated rings. The van der Waals surface area contributed by atoms with E-state index in [1.807, 2.05) is 42.5 Å². The predicted octanol–water partition coefficient (Wildman–Crippen LogP) is 2.21. The van der Waals surface area contributed by atoms with Crippen LogP contribution in [-0.4, -0.2) is 39.4 Å². The number of rotatable bonds is 4. The summed E-state index contributed by atoms with van der Waals surface area (Å²) < 4.78 is 1.89. The van der Waals surface area contributed by atoms with Crippen molar-refractivity contribution in [1.29, 1.82) is 0 Å². The highest BCUT2D eigenvalue weighted by Gasteiger charge is 2.29. The van der Waals surface area contributed by atoms with Gasteiger partial charge in [0.1, 0.15) is 0 Å². The highest BCUT2D eigenvalue weighted by molar-refractivity contribution is 5.95. The lowest BCUT2D eigenvalue weighted by molar-refractivity contribution is -0.126. The summed E-state index contributed by atoms with van der Waals surface area (Å²) in [7, 11) is 1.90. The number of nitrogens with one attached hydrogen (secondary N) is 1. The number of likely N-dealkylation sites (tertiary alicyclic amines) is 1. The molecule has 0 spiro atoms. The van der Waals surface area contributed by atoms with Crippen LogP contribution >= 0.6 is 0 Å². The van der Waals surface area contributed by atoms with Gasteiger partial charge in [0.05, 0.1) is 24.5 Å². The molecule has 1 aliphatic heterocycles. The Morgan fingerprint density at radius 1 is 1.23 bits per heavy atom. The molecule has 1 aliphatic rings. The summed E-state index contributed by atoms with van der Waals surface area (Å²) >= 11 is 0. The van der Waals surface area contributed by atoms with Crippen LogP contribution in [0.15, 0.2) is 30.7 Å². The molecule has 0 bridgehead atoms. The molecule has 1 N–H and O–H groups in total. The first kappa shape index (κ1) is 18.2. The van der Waals surface area contributed by atoms with Crippen LogP contribution in [0.5, 0.6) is 0 Å². The lowest BCUT2D eigenvalue weighted by atomic mass is 9.96. The molecule has 0 radical (unpaired) electrons. The Hall–Kier alpha value is -2.63. The minimum absolute atomic E-state index is 0.00382. The minimum Gasteiger partial charge on any atom is -0.350 e. The molecule has 0 saturated carbocycles. The van der Waals surface area contributed by atoms with Crippen molar-refractivity contribution < 1.29 is 9.59 Å². The second-order valence-electron chi connectivity index (χ2n) is 7.18. The molecule has 26 heavy (non-hydrogen) atoms. The van der Waals surface area contributed by atoms with Crippen molar-refractivity contribution in [2.75, 3.05) is 13.1 Å². The van der Waals surface area contributed by atoms with Gasteiger partial charge in [-0.3, -0.25) is 9.59 Å². The number of piperidine rings is 1. The molecule has 138 valence electrons. The smallest absolute Gasteiger partial charge is 0.253 e. The first-order valence-corrected chi connectivity index (χ1v) is 9.04. The number of hydrogen-bond donors (Lipinski definition) is 1. The standard InChI is InChI=1S/C20H26N4O2/c1-14-7-15(2)9-17(8-14)20(26)24-6-4-5-16(12-24)19(25)22-11-18-10-21-13-23(18)3/h7-10,13,16H,4-6,11-12H2,1-3H3,(H,22,25). The van der Waals surface area contributed by atoms with Gasteiger partial charge < -0.3 is 14.8 Å². The van der Waals surface area contributed by atoms with Gasteiger partial charge in [-0.2, -0.15) is 0 Å². The fraction of sp³-hybridized carbons (Fsp3) is 0.450. The minimum atomic E-state index is -0.160. The van der Waals surface area contributed by atoms with E-state index in [0.29, 0.717) is 25.2 Å². The fourth-order valence-corrected chi connectivity index (χ4v) is 3.53. The van der Waals surface area contributed by atoms with E-state index < -0.39 is 0 Å². The molecule has 1 saturated heterocycles. The van der Waals surface area contributed by atoms with Crippen molar-refractivity contribution >= 4 is 11.8 Å². The summed E-state index contributed by atoms with van der Waals surface area (Å²) in [6.45, 7) is 5.63. The topological polar surface area (TPSA) is 67.2 Å². The molecule has 1 aromatic carbocycles. The van der Waals surface area contributed by atoms with Crippen LogP contribution < -0.4 is 5.32 Å². The molecule has 6 nitrogen and oxygen atoms in total. The van der Waals surface area contributed by atoms with E-state index in [0.717, 1.165) is 29.7 Å². The van der Waals surface area contributed by atoms with Gasteiger partial charge in [-0.25, -0.2) is 4.98 Å². The first-order chi connectivity index (χ1) is 12.4. The van der Waals surface area contributed by atoms with Crippen molar-refractivity contribution in [3.8, 4) is 0 Å². The van der Waals surface area contributed by atoms with Gasteiger partial charge >= 0.3 is 0 Å². The van der Waals surface area contributed by atoms with E-state index in [4.69, 9.17) is 0 Å². The van der Waals surface area contributed by atoms with Crippen molar-refractivity contribution in [3.63, 3.8) is 0 Å². The Kier molecular flexibility index (Phi) is 5.40. The van der Waals surface area contributed by atoms with Crippen molar-refractivity contribution in [3.05, 3.63) is 53.1 Å². The summed E-state index contributed by atoms with van der Waals surface area (Å²) in [4.78, 5) is 31.2. The van der Waals surface area contributed by atoms with E-state index in [1.165, 1.54) is 0 Å². The maximum atomic E-state index is 12.8. The number of carbonyl (C=O) groups excluding carboxylic acids is 2. The zero-order chi connectivity index (χ0) is 18.7. The lowest BCUT2D eigenvalue weighted by Crippen LogP contribution is -2.45. The molecule has 0 aliphatic carbocycles. The van der Waals surface area contributed by atoms with E-state index in [9.17, 15) is 9.59 Å². The van der Waals surface area contributed by atoms with Crippen LogP contribution in [0.4, 0.5) is 0 Å². The maximum Gasteiger partial charge on any atom is 0.253 e. The van der Waals surface area contributed by atoms with Gasteiger partial charge in [0.2, 0.25) is 5.91 Å². The summed E-state index contributed by atoms with van der Waals surface area (Å²) in [5.74, 6) is -0.142. The molecule has 1 aromatic heterocycles.